The Morgan fingerprint density at radius 3 is 2.74 bits per heavy atom. The van der Waals surface area contributed by atoms with Crippen molar-refractivity contribution in [2.24, 2.45) is 5.92 Å². The monoisotopic (exact) mass is 459 g/mol. The number of hydrogen-bond acceptors (Lipinski definition) is 5. The first-order chi connectivity index (χ1) is 14.8. The van der Waals surface area contributed by atoms with E-state index in [9.17, 15) is 14.4 Å². The van der Waals surface area contributed by atoms with Gasteiger partial charge in [-0.25, -0.2) is 13.9 Å². The van der Waals surface area contributed by atoms with Crippen molar-refractivity contribution in [1.82, 2.24) is 18.7 Å². The molecular weight excluding hydrogens is 438 g/mol. The van der Waals surface area contributed by atoms with Gasteiger partial charge in [-0.1, -0.05) is 31.5 Å². The first kappa shape index (κ1) is 21.3. The number of amides is 1. The SMILES string of the molecule is Cc1ccc(NC(=O)Cn2nc3n(CCC(C)C)c(=O)c4sccc4n3c2=O)c(Cl)c1. The van der Waals surface area contributed by atoms with Gasteiger partial charge in [-0.2, -0.15) is 0 Å². The van der Waals surface area contributed by atoms with Gasteiger partial charge in [0.25, 0.3) is 5.56 Å². The minimum absolute atomic E-state index is 0.175. The van der Waals surface area contributed by atoms with E-state index in [-0.39, 0.29) is 17.9 Å². The van der Waals surface area contributed by atoms with Crippen LogP contribution in [0.15, 0.2) is 39.2 Å². The van der Waals surface area contributed by atoms with E-state index < -0.39 is 11.6 Å². The van der Waals surface area contributed by atoms with Crippen LogP contribution in [0, 0.1) is 12.8 Å². The molecule has 4 aromatic rings. The predicted molar refractivity (Wildman–Crippen MR) is 123 cm³/mol. The maximum atomic E-state index is 13.1. The van der Waals surface area contributed by atoms with Gasteiger partial charge in [-0.15, -0.1) is 16.4 Å². The lowest BCUT2D eigenvalue weighted by atomic mass is 10.1. The normalized spacial score (nSPS) is 11.6. The maximum absolute atomic E-state index is 13.1. The van der Waals surface area contributed by atoms with Gasteiger partial charge in [0.2, 0.25) is 11.7 Å². The van der Waals surface area contributed by atoms with Gasteiger partial charge in [0.15, 0.2) is 0 Å². The van der Waals surface area contributed by atoms with Crippen LogP contribution in [0.5, 0.6) is 0 Å². The summed E-state index contributed by atoms with van der Waals surface area (Å²) in [5.41, 5.74) is 1.29. The number of benzene rings is 1. The summed E-state index contributed by atoms with van der Waals surface area (Å²) in [6, 6.07) is 7.01. The minimum Gasteiger partial charge on any atom is -0.323 e. The van der Waals surface area contributed by atoms with E-state index in [1.54, 1.807) is 23.6 Å². The Bertz CT molecular complexity index is 1410. The summed E-state index contributed by atoms with van der Waals surface area (Å²) in [5.74, 6) is 0.182. The molecule has 0 aliphatic carbocycles. The molecule has 0 bridgehead atoms. The van der Waals surface area contributed by atoms with Gasteiger partial charge < -0.3 is 5.32 Å². The Kier molecular flexibility index (Phi) is 5.72. The van der Waals surface area contributed by atoms with Gasteiger partial charge in [0.05, 0.1) is 16.2 Å². The summed E-state index contributed by atoms with van der Waals surface area (Å²) >= 11 is 7.47. The number of rotatable bonds is 6. The summed E-state index contributed by atoms with van der Waals surface area (Å²) < 4.78 is 4.49. The van der Waals surface area contributed by atoms with Gasteiger partial charge in [-0.3, -0.25) is 14.2 Å². The van der Waals surface area contributed by atoms with Crippen LogP contribution in [0.25, 0.3) is 16.0 Å². The number of aryl methyl sites for hydroxylation is 2. The van der Waals surface area contributed by atoms with Crippen LogP contribution in [-0.2, 0) is 17.9 Å². The van der Waals surface area contributed by atoms with Crippen molar-refractivity contribution in [1.29, 1.82) is 0 Å². The topological polar surface area (TPSA) is 90.4 Å². The number of nitrogens with zero attached hydrogens (tertiary/aromatic N) is 4. The molecule has 0 aliphatic heterocycles. The molecule has 0 saturated heterocycles. The molecule has 0 saturated carbocycles. The third kappa shape index (κ3) is 4.03. The fourth-order valence-corrected chi connectivity index (χ4v) is 4.48. The average molecular weight is 460 g/mol. The molecule has 1 amide bonds. The van der Waals surface area contributed by atoms with Gasteiger partial charge >= 0.3 is 5.69 Å². The summed E-state index contributed by atoms with van der Waals surface area (Å²) in [7, 11) is 0. The van der Waals surface area contributed by atoms with Crippen molar-refractivity contribution in [2.75, 3.05) is 5.32 Å². The summed E-state index contributed by atoms with van der Waals surface area (Å²) in [4.78, 5) is 38.7. The quantitative estimate of drug-likeness (QED) is 0.477. The summed E-state index contributed by atoms with van der Waals surface area (Å²) in [5, 5.41) is 9.24. The highest BCUT2D eigenvalue weighted by Gasteiger charge is 2.19. The van der Waals surface area contributed by atoms with Gasteiger partial charge in [0.1, 0.15) is 11.2 Å². The second-order valence-electron chi connectivity index (χ2n) is 7.88. The molecular formula is C21H22ClN5O3S. The molecule has 3 aromatic heterocycles. The lowest BCUT2D eigenvalue weighted by molar-refractivity contribution is -0.117. The zero-order chi connectivity index (χ0) is 22.3. The Hall–Kier alpha value is -2.91. The van der Waals surface area contributed by atoms with E-state index in [0.29, 0.717) is 33.4 Å². The zero-order valence-corrected chi connectivity index (χ0v) is 19.0. The summed E-state index contributed by atoms with van der Waals surface area (Å²) in [6.07, 6.45) is 0.764. The Labute approximate surface area is 186 Å². The van der Waals surface area contributed by atoms with Crippen LogP contribution in [0.2, 0.25) is 5.02 Å². The Morgan fingerprint density at radius 1 is 1.26 bits per heavy atom. The largest absolute Gasteiger partial charge is 0.352 e. The Balaban J connectivity index is 1.74. The fraction of sp³-hybridized carbons (Fsp3) is 0.333. The molecule has 31 heavy (non-hydrogen) atoms. The summed E-state index contributed by atoms with van der Waals surface area (Å²) in [6.45, 7) is 6.18. The first-order valence-corrected chi connectivity index (χ1v) is 11.2. The van der Waals surface area contributed by atoms with Crippen molar-refractivity contribution in [3.05, 3.63) is 61.1 Å². The lowest BCUT2D eigenvalue weighted by Crippen LogP contribution is -2.29. The van der Waals surface area contributed by atoms with Crippen LogP contribution >= 0.6 is 22.9 Å². The van der Waals surface area contributed by atoms with E-state index in [2.05, 4.69) is 24.3 Å². The smallest absolute Gasteiger partial charge is 0.323 e. The van der Waals surface area contributed by atoms with Crippen LogP contribution < -0.4 is 16.6 Å². The standard InChI is InChI=1S/C21H22ClN5O3S/c1-12(2)6-8-25-19(29)18-16(7-9-31-18)27-20(25)24-26(21(27)30)11-17(28)23-15-5-4-13(3)10-14(15)22/h4-5,7,9-10,12H,6,8,11H2,1-3H3,(H,23,28). The van der Waals surface area contributed by atoms with Crippen molar-refractivity contribution in [3.63, 3.8) is 0 Å². The number of halogens is 1. The molecule has 0 unspecified atom stereocenters. The fourth-order valence-electron chi connectivity index (χ4n) is 3.37. The number of nitrogens with one attached hydrogen (secondary N) is 1. The lowest BCUT2D eigenvalue weighted by Gasteiger charge is -2.09. The predicted octanol–water partition coefficient (Wildman–Crippen LogP) is 3.52. The van der Waals surface area contributed by atoms with Gasteiger partial charge in [-0.05, 0) is 48.4 Å². The molecule has 0 aliphatic rings. The number of carbonyl (C=O) groups is 1. The molecule has 0 atom stereocenters. The average Bonchev–Trinajstić information content (AvgIpc) is 3.29. The van der Waals surface area contributed by atoms with Crippen molar-refractivity contribution >= 4 is 50.5 Å². The molecule has 162 valence electrons. The molecule has 3 heterocycles. The number of hydrogen-bond donors (Lipinski definition) is 1. The van der Waals surface area contributed by atoms with Crippen LogP contribution in [0.1, 0.15) is 25.8 Å². The van der Waals surface area contributed by atoms with E-state index in [1.807, 2.05) is 13.0 Å². The molecule has 1 N–H and O–H groups in total. The number of fused-ring (bicyclic) bond motifs is 3. The van der Waals surface area contributed by atoms with E-state index >= 15 is 0 Å². The second kappa shape index (κ2) is 8.32. The highest BCUT2D eigenvalue weighted by atomic mass is 35.5. The molecule has 4 rings (SSSR count). The van der Waals surface area contributed by atoms with Crippen molar-refractivity contribution in [3.8, 4) is 0 Å². The molecule has 0 radical (unpaired) electrons. The van der Waals surface area contributed by atoms with Crippen LogP contribution in [-0.4, -0.2) is 24.7 Å². The number of anilines is 1. The van der Waals surface area contributed by atoms with Crippen molar-refractivity contribution < 1.29 is 4.79 Å². The Morgan fingerprint density at radius 2 is 2.03 bits per heavy atom. The molecule has 1 aromatic carbocycles. The first-order valence-electron chi connectivity index (χ1n) is 9.92. The molecule has 0 fully saturated rings. The van der Waals surface area contributed by atoms with E-state index in [1.165, 1.54) is 20.3 Å². The van der Waals surface area contributed by atoms with Crippen LogP contribution in [0.4, 0.5) is 5.69 Å². The molecule has 10 heteroatoms. The highest BCUT2D eigenvalue weighted by molar-refractivity contribution is 7.17. The maximum Gasteiger partial charge on any atom is 0.352 e. The third-order valence-corrected chi connectivity index (χ3v) is 6.21. The third-order valence-electron chi connectivity index (χ3n) is 5.01. The number of carbonyl (C=O) groups excluding carboxylic acids is 1. The van der Waals surface area contributed by atoms with E-state index in [0.717, 1.165) is 16.7 Å². The minimum atomic E-state index is -0.471. The zero-order valence-electron chi connectivity index (χ0n) is 17.4. The highest BCUT2D eigenvalue weighted by Crippen LogP contribution is 2.22. The van der Waals surface area contributed by atoms with E-state index in [4.69, 9.17) is 11.6 Å². The molecule has 0 spiro atoms. The number of aromatic nitrogens is 4. The second-order valence-corrected chi connectivity index (χ2v) is 9.20. The van der Waals surface area contributed by atoms with Gasteiger partial charge in [0, 0.05) is 6.54 Å². The van der Waals surface area contributed by atoms with Crippen molar-refractivity contribution in [2.45, 2.75) is 40.3 Å². The molecule has 8 nitrogen and oxygen atoms in total. The number of thiophene rings is 1. The van der Waals surface area contributed by atoms with Crippen LogP contribution in [0.3, 0.4) is 0 Å².